The lowest BCUT2D eigenvalue weighted by Crippen LogP contribution is -2.02. The smallest absolute Gasteiger partial charge is 0.199 e. The van der Waals surface area contributed by atoms with Crippen molar-refractivity contribution >= 4 is 35.4 Å². The number of aromatic nitrogens is 3. The van der Waals surface area contributed by atoms with Crippen LogP contribution in [0.4, 0.5) is 0 Å². The normalized spacial score (nSPS) is 10.8. The summed E-state index contributed by atoms with van der Waals surface area (Å²) in [5.41, 5.74) is 0.758. The number of methoxy groups -OCH3 is 1. The summed E-state index contributed by atoms with van der Waals surface area (Å²) < 4.78 is 7.25. The van der Waals surface area contributed by atoms with Gasteiger partial charge in [0.05, 0.1) is 5.69 Å². The van der Waals surface area contributed by atoms with Gasteiger partial charge in [0, 0.05) is 17.2 Å². The number of aromatic amines is 1. The highest BCUT2D eigenvalue weighted by molar-refractivity contribution is 7.71. The molecule has 0 aliphatic rings. The van der Waals surface area contributed by atoms with Gasteiger partial charge in [0.1, 0.15) is 6.61 Å². The van der Waals surface area contributed by atoms with E-state index in [1.807, 2.05) is 0 Å². The summed E-state index contributed by atoms with van der Waals surface area (Å²) in [6.45, 7) is 0.345. The molecule has 0 spiro atoms. The zero-order chi connectivity index (χ0) is 12.4. The van der Waals surface area contributed by atoms with Crippen LogP contribution in [0.15, 0.2) is 18.2 Å². The van der Waals surface area contributed by atoms with Crippen LogP contribution in [-0.4, -0.2) is 21.9 Å². The number of ether oxygens (including phenoxy) is 1. The second kappa shape index (κ2) is 5.18. The molecule has 0 saturated carbocycles. The lowest BCUT2D eigenvalue weighted by molar-refractivity contribution is 0.176. The van der Waals surface area contributed by atoms with Crippen LogP contribution in [0.2, 0.25) is 10.0 Å². The standard InChI is InChI=1S/C10H9Cl2N3OS/c1-16-5-9-13-14-10(17)15(9)8-3-6(11)2-7(12)4-8/h2-4H,5H2,1H3,(H,14,17). The summed E-state index contributed by atoms with van der Waals surface area (Å²) in [6, 6.07) is 5.18. The zero-order valence-corrected chi connectivity index (χ0v) is 11.2. The first-order valence-electron chi connectivity index (χ1n) is 4.73. The highest BCUT2D eigenvalue weighted by Crippen LogP contribution is 2.22. The summed E-state index contributed by atoms with van der Waals surface area (Å²) in [5.74, 6) is 0.663. The Balaban J connectivity index is 2.59. The Bertz CT molecular complexity index is 573. The molecular formula is C10H9Cl2N3OS. The number of halogens is 2. The minimum Gasteiger partial charge on any atom is -0.377 e. The molecule has 17 heavy (non-hydrogen) atoms. The summed E-state index contributed by atoms with van der Waals surface area (Å²) in [7, 11) is 1.59. The predicted octanol–water partition coefficient (Wildman–Crippen LogP) is 3.38. The molecule has 2 rings (SSSR count). The van der Waals surface area contributed by atoms with Crippen molar-refractivity contribution in [1.82, 2.24) is 14.8 Å². The molecule has 0 unspecified atom stereocenters. The van der Waals surface area contributed by atoms with Crippen LogP contribution >= 0.6 is 35.4 Å². The molecule has 0 bridgehead atoms. The van der Waals surface area contributed by atoms with Gasteiger partial charge in [0.15, 0.2) is 10.6 Å². The van der Waals surface area contributed by atoms with Gasteiger partial charge in [-0.05, 0) is 30.4 Å². The average molecular weight is 290 g/mol. The van der Waals surface area contributed by atoms with E-state index in [0.717, 1.165) is 5.69 Å². The molecule has 2 aromatic rings. The first-order valence-corrected chi connectivity index (χ1v) is 5.90. The monoisotopic (exact) mass is 289 g/mol. The van der Waals surface area contributed by atoms with Gasteiger partial charge in [-0.1, -0.05) is 23.2 Å². The van der Waals surface area contributed by atoms with Gasteiger partial charge in [-0.15, -0.1) is 0 Å². The van der Waals surface area contributed by atoms with E-state index in [-0.39, 0.29) is 0 Å². The molecule has 0 aliphatic heterocycles. The SMILES string of the molecule is COCc1n[nH]c(=S)n1-c1cc(Cl)cc(Cl)c1. The highest BCUT2D eigenvalue weighted by Gasteiger charge is 2.09. The minimum atomic E-state index is 0.345. The number of H-pyrrole nitrogens is 1. The van der Waals surface area contributed by atoms with Crippen molar-refractivity contribution in [3.63, 3.8) is 0 Å². The number of hydrogen-bond donors (Lipinski definition) is 1. The fraction of sp³-hybridized carbons (Fsp3) is 0.200. The van der Waals surface area contributed by atoms with Crippen LogP contribution in [0.3, 0.4) is 0 Å². The first kappa shape index (κ1) is 12.6. The predicted molar refractivity (Wildman–Crippen MR) is 69.5 cm³/mol. The summed E-state index contributed by atoms with van der Waals surface area (Å²) in [4.78, 5) is 0. The number of benzene rings is 1. The summed E-state index contributed by atoms with van der Waals surface area (Å²) in [5, 5.41) is 7.87. The van der Waals surface area contributed by atoms with Crippen LogP contribution in [0.25, 0.3) is 5.69 Å². The molecule has 7 heteroatoms. The number of rotatable bonds is 3. The molecule has 1 aromatic carbocycles. The molecular weight excluding hydrogens is 281 g/mol. The van der Waals surface area contributed by atoms with Crippen LogP contribution in [0.5, 0.6) is 0 Å². The topological polar surface area (TPSA) is 42.8 Å². The van der Waals surface area contributed by atoms with Crippen molar-refractivity contribution in [2.75, 3.05) is 7.11 Å². The van der Waals surface area contributed by atoms with Crippen LogP contribution in [-0.2, 0) is 11.3 Å². The van der Waals surface area contributed by atoms with E-state index in [0.29, 0.717) is 27.2 Å². The fourth-order valence-electron chi connectivity index (χ4n) is 1.49. The summed E-state index contributed by atoms with van der Waals surface area (Å²) in [6.07, 6.45) is 0. The van der Waals surface area contributed by atoms with Crippen molar-refractivity contribution in [3.8, 4) is 5.69 Å². The molecule has 0 amide bonds. The fourth-order valence-corrected chi connectivity index (χ4v) is 2.26. The zero-order valence-electron chi connectivity index (χ0n) is 8.91. The average Bonchev–Trinajstić information content (AvgIpc) is 2.59. The quantitative estimate of drug-likeness (QED) is 0.881. The van der Waals surface area contributed by atoms with Crippen molar-refractivity contribution < 1.29 is 4.74 Å². The minimum absolute atomic E-state index is 0.345. The van der Waals surface area contributed by atoms with Gasteiger partial charge >= 0.3 is 0 Å². The lowest BCUT2D eigenvalue weighted by Gasteiger charge is -2.07. The number of hydrogen-bond acceptors (Lipinski definition) is 3. The number of nitrogens with one attached hydrogen (secondary N) is 1. The third kappa shape index (κ3) is 2.69. The molecule has 1 heterocycles. The second-order valence-corrected chi connectivity index (χ2v) is 4.60. The van der Waals surface area contributed by atoms with Gasteiger partial charge < -0.3 is 4.74 Å². The van der Waals surface area contributed by atoms with Gasteiger partial charge in [0.25, 0.3) is 0 Å². The van der Waals surface area contributed by atoms with Gasteiger partial charge in [0.2, 0.25) is 0 Å². The molecule has 0 aliphatic carbocycles. The van der Waals surface area contributed by atoms with Gasteiger partial charge in [-0.3, -0.25) is 9.67 Å². The van der Waals surface area contributed by atoms with Gasteiger partial charge in [-0.2, -0.15) is 5.10 Å². The van der Waals surface area contributed by atoms with E-state index in [4.69, 9.17) is 40.2 Å². The maximum atomic E-state index is 5.96. The molecule has 0 radical (unpaired) electrons. The molecule has 90 valence electrons. The van der Waals surface area contributed by atoms with Crippen molar-refractivity contribution in [2.45, 2.75) is 6.61 Å². The maximum absolute atomic E-state index is 5.96. The molecule has 1 N–H and O–H groups in total. The Labute approximate surface area is 113 Å². The van der Waals surface area contributed by atoms with E-state index in [1.165, 1.54) is 0 Å². The Kier molecular flexibility index (Phi) is 3.83. The van der Waals surface area contributed by atoms with Crippen LogP contribution in [0, 0.1) is 4.77 Å². The maximum Gasteiger partial charge on any atom is 0.199 e. The van der Waals surface area contributed by atoms with E-state index < -0.39 is 0 Å². The van der Waals surface area contributed by atoms with Crippen molar-refractivity contribution in [2.24, 2.45) is 0 Å². The summed E-state index contributed by atoms with van der Waals surface area (Å²) >= 11 is 17.1. The van der Waals surface area contributed by atoms with Crippen LogP contribution < -0.4 is 0 Å². The van der Waals surface area contributed by atoms with Crippen molar-refractivity contribution in [1.29, 1.82) is 0 Å². The highest BCUT2D eigenvalue weighted by atomic mass is 35.5. The molecule has 4 nitrogen and oxygen atoms in total. The molecule has 0 fully saturated rings. The molecule has 0 atom stereocenters. The van der Waals surface area contributed by atoms with Crippen LogP contribution in [0.1, 0.15) is 5.82 Å². The third-order valence-electron chi connectivity index (χ3n) is 2.12. The van der Waals surface area contributed by atoms with E-state index in [9.17, 15) is 0 Å². The van der Waals surface area contributed by atoms with Gasteiger partial charge in [-0.25, -0.2) is 0 Å². The Morgan fingerprint density at radius 2 is 2.00 bits per heavy atom. The van der Waals surface area contributed by atoms with E-state index in [1.54, 1.807) is 29.9 Å². The molecule has 0 saturated heterocycles. The van der Waals surface area contributed by atoms with Crippen molar-refractivity contribution in [3.05, 3.63) is 38.8 Å². The number of nitrogens with zero attached hydrogens (tertiary/aromatic N) is 2. The Morgan fingerprint density at radius 3 is 2.59 bits per heavy atom. The Hall–Kier alpha value is -0.880. The second-order valence-electron chi connectivity index (χ2n) is 3.34. The lowest BCUT2D eigenvalue weighted by atomic mass is 10.3. The first-order chi connectivity index (χ1) is 8.11. The van der Waals surface area contributed by atoms with E-state index in [2.05, 4.69) is 10.2 Å². The largest absolute Gasteiger partial charge is 0.377 e. The van der Waals surface area contributed by atoms with E-state index >= 15 is 0 Å². The Morgan fingerprint density at radius 1 is 1.35 bits per heavy atom. The molecule has 1 aromatic heterocycles. The third-order valence-corrected chi connectivity index (χ3v) is 2.83.